The van der Waals surface area contributed by atoms with E-state index < -0.39 is 18.3 Å². The van der Waals surface area contributed by atoms with Gasteiger partial charge in [0.05, 0.1) is 30.0 Å². The maximum Gasteiger partial charge on any atom is 0.498 e. The maximum absolute atomic E-state index is 12.0. The standard InChI is InChI=1S/C24H35BO6/c1-9-18-11-12-19(15-22(27)28-10-2)21(14-18)29-16(3)13-20(17(4)26)25-30-23(5,6)24(7,8)31-25/h11-14,26H,9-10,15H2,1-8H3/b16-13?,20-17-. The van der Waals surface area contributed by atoms with E-state index in [1.807, 2.05) is 45.9 Å². The molecule has 1 N–H and O–H groups in total. The van der Waals surface area contributed by atoms with Crippen molar-refractivity contribution in [2.24, 2.45) is 0 Å². The highest BCUT2D eigenvalue weighted by Gasteiger charge is 2.52. The van der Waals surface area contributed by atoms with Gasteiger partial charge in [0.15, 0.2) is 0 Å². The van der Waals surface area contributed by atoms with Crippen molar-refractivity contribution in [3.63, 3.8) is 0 Å². The van der Waals surface area contributed by atoms with Crippen LogP contribution in [0.15, 0.2) is 41.3 Å². The monoisotopic (exact) mass is 430 g/mol. The summed E-state index contributed by atoms with van der Waals surface area (Å²) in [6.45, 7) is 15.4. The van der Waals surface area contributed by atoms with Crippen LogP contribution in [-0.2, 0) is 31.7 Å². The number of esters is 1. The van der Waals surface area contributed by atoms with Crippen molar-refractivity contribution in [3.05, 3.63) is 52.4 Å². The molecule has 1 aromatic carbocycles. The fourth-order valence-electron chi connectivity index (χ4n) is 3.16. The van der Waals surface area contributed by atoms with Crippen LogP contribution in [0.2, 0.25) is 0 Å². The molecule has 31 heavy (non-hydrogen) atoms. The Morgan fingerprint density at radius 2 is 1.74 bits per heavy atom. The Bertz CT molecular complexity index is 849. The van der Waals surface area contributed by atoms with Crippen LogP contribution in [0, 0.1) is 0 Å². The lowest BCUT2D eigenvalue weighted by atomic mass is 9.77. The first-order valence-electron chi connectivity index (χ1n) is 10.8. The highest BCUT2D eigenvalue weighted by molar-refractivity contribution is 6.55. The van der Waals surface area contributed by atoms with Gasteiger partial charge in [-0.1, -0.05) is 19.1 Å². The van der Waals surface area contributed by atoms with Crippen LogP contribution in [0.5, 0.6) is 5.75 Å². The smallest absolute Gasteiger partial charge is 0.498 e. The molecule has 2 rings (SSSR count). The number of hydrogen-bond donors (Lipinski definition) is 1. The van der Waals surface area contributed by atoms with Crippen molar-refractivity contribution in [2.75, 3.05) is 6.61 Å². The van der Waals surface area contributed by atoms with Gasteiger partial charge in [0.25, 0.3) is 0 Å². The molecule has 0 saturated carbocycles. The average Bonchev–Trinajstić information content (AvgIpc) is 2.88. The number of aryl methyl sites for hydroxylation is 1. The number of benzene rings is 1. The van der Waals surface area contributed by atoms with Crippen molar-refractivity contribution in [2.45, 2.75) is 79.4 Å². The van der Waals surface area contributed by atoms with Gasteiger partial charge in [-0.25, -0.2) is 0 Å². The van der Waals surface area contributed by atoms with E-state index in [1.54, 1.807) is 26.8 Å². The summed E-state index contributed by atoms with van der Waals surface area (Å²) in [6, 6.07) is 5.80. The van der Waals surface area contributed by atoms with Crippen LogP contribution in [0.25, 0.3) is 0 Å². The molecule has 1 aromatic rings. The van der Waals surface area contributed by atoms with Crippen LogP contribution in [0.4, 0.5) is 0 Å². The molecule has 1 heterocycles. The van der Waals surface area contributed by atoms with Crippen LogP contribution in [-0.4, -0.2) is 36.0 Å². The fraction of sp³-hybridized carbons (Fsp3) is 0.542. The number of aliphatic hydroxyl groups excluding tert-OH is 1. The summed E-state index contributed by atoms with van der Waals surface area (Å²) < 4.78 is 23.3. The molecule has 0 bridgehead atoms. The molecule has 6 nitrogen and oxygen atoms in total. The predicted octanol–water partition coefficient (Wildman–Crippen LogP) is 5.10. The van der Waals surface area contributed by atoms with Gasteiger partial charge in [0.2, 0.25) is 0 Å². The summed E-state index contributed by atoms with van der Waals surface area (Å²) in [4.78, 5) is 12.0. The zero-order valence-electron chi connectivity index (χ0n) is 20.0. The highest BCUT2D eigenvalue weighted by Crippen LogP contribution is 2.39. The maximum atomic E-state index is 12.0. The van der Waals surface area contributed by atoms with E-state index in [9.17, 15) is 9.90 Å². The number of aliphatic hydroxyl groups is 1. The summed E-state index contributed by atoms with van der Waals surface area (Å²) in [5.74, 6) is 0.916. The Balaban J connectivity index is 2.31. The van der Waals surface area contributed by atoms with Crippen LogP contribution in [0.1, 0.15) is 66.5 Å². The zero-order valence-corrected chi connectivity index (χ0v) is 20.0. The van der Waals surface area contributed by atoms with E-state index in [0.717, 1.165) is 17.5 Å². The molecule has 1 fully saturated rings. The lowest BCUT2D eigenvalue weighted by Gasteiger charge is -2.32. The Kier molecular flexibility index (Phi) is 8.01. The molecule has 1 aliphatic rings. The third-order valence-corrected chi connectivity index (χ3v) is 5.73. The summed E-state index contributed by atoms with van der Waals surface area (Å²) in [5, 5.41) is 10.3. The molecule has 0 aromatic heterocycles. The molecule has 1 saturated heterocycles. The van der Waals surface area contributed by atoms with Crippen LogP contribution in [0.3, 0.4) is 0 Å². The summed E-state index contributed by atoms with van der Waals surface area (Å²) >= 11 is 0. The second-order valence-electron chi connectivity index (χ2n) is 8.76. The second kappa shape index (κ2) is 9.92. The molecule has 170 valence electrons. The van der Waals surface area contributed by atoms with Crippen molar-refractivity contribution in [1.29, 1.82) is 0 Å². The summed E-state index contributed by atoms with van der Waals surface area (Å²) in [6.07, 6.45) is 2.68. The van der Waals surface area contributed by atoms with Crippen molar-refractivity contribution in [1.82, 2.24) is 0 Å². The lowest BCUT2D eigenvalue weighted by molar-refractivity contribution is -0.142. The van der Waals surface area contributed by atoms with E-state index in [-0.39, 0.29) is 18.1 Å². The van der Waals surface area contributed by atoms with Gasteiger partial charge >= 0.3 is 13.1 Å². The van der Waals surface area contributed by atoms with E-state index >= 15 is 0 Å². The van der Waals surface area contributed by atoms with Crippen molar-refractivity contribution in [3.8, 4) is 5.75 Å². The Hall–Kier alpha value is -2.25. The predicted molar refractivity (Wildman–Crippen MR) is 122 cm³/mol. The first-order chi connectivity index (χ1) is 14.4. The zero-order chi connectivity index (χ0) is 23.4. The van der Waals surface area contributed by atoms with Gasteiger partial charge < -0.3 is 23.9 Å². The lowest BCUT2D eigenvalue weighted by Crippen LogP contribution is -2.41. The number of rotatable bonds is 8. The first-order valence-corrected chi connectivity index (χ1v) is 10.8. The molecular weight excluding hydrogens is 395 g/mol. The molecule has 0 amide bonds. The second-order valence-corrected chi connectivity index (χ2v) is 8.76. The molecule has 0 atom stereocenters. The quantitative estimate of drug-likeness (QED) is 0.268. The molecule has 0 spiro atoms. The average molecular weight is 430 g/mol. The van der Waals surface area contributed by atoms with E-state index in [1.165, 1.54) is 0 Å². The van der Waals surface area contributed by atoms with Crippen molar-refractivity contribution < 1.29 is 28.7 Å². The highest BCUT2D eigenvalue weighted by atomic mass is 16.7. The third-order valence-electron chi connectivity index (χ3n) is 5.73. The Labute approximate surface area is 186 Å². The van der Waals surface area contributed by atoms with E-state index in [4.69, 9.17) is 18.8 Å². The largest absolute Gasteiger partial charge is 0.513 e. The van der Waals surface area contributed by atoms with Gasteiger partial charge in [0, 0.05) is 11.0 Å². The molecule has 0 unspecified atom stereocenters. The number of allylic oxidation sites excluding steroid dienone is 4. The van der Waals surface area contributed by atoms with Crippen LogP contribution < -0.4 is 4.74 Å². The molecule has 1 aliphatic heterocycles. The Morgan fingerprint density at radius 3 is 2.26 bits per heavy atom. The molecule has 0 aliphatic carbocycles. The normalized spacial score (nSPS) is 18.6. The van der Waals surface area contributed by atoms with Gasteiger partial charge in [-0.05, 0) is 72.6 Å². The molecule has 7 heteroatoms. The summed E-state index contributed by atoms with van der Waals surface area (Å²) in [5.41, 5.74) is 1.28. The number of ether oxygens (including phenoxy) is 2. The first kappa shape index (κ1) is 25.0. The van der Waals surface area contributed by atoms with Crippen molar-refractivity contribution >= 4 is 13.1 Å². The Morgan fingerprint density at radius 1 is 1.13 bits per heavy atom. The number of carbonyl (C=O) groups is 1. The SMILES string of the molecule is CCOC(=O)Cc1ccc(CC)cc1OC(C)=C/C(B1OC(C)(C)C(C)(C)O1)=C(\C)O. The number of hydrogen-bond acceptors (Lipinski definition) is 6. The van der Waals surface area contributed by atoms with E-state index in [2.05, 4.69) is 6.92 Å². The molecule has 0 radical (unpaired) electrons. The molecular formula is C24H35BO6. The van der Waals surface area contributed by atoms with Gasteiger partial charge in [-0.15, -0.1) is 0 Å². The van der Waals surface area contributed by atoms with Gasteiger partial charge in [-0.3, -0.25) is 4.79 Å². The third kappa shape index (κ3) is 6.14. The fourth-order valence-corrected chi connectivity index (χ4v) is 3.16. The minimum Gasteiger partial charge on any atom is -0.513 e. The van der Waals surface area contributed by atoms with Gasteiger partial charge in [0.1, 0.15) is 11.5 Å². The summed E-state index contributed by atoms with van der Waals surface area (Å²) in [7, 11) is -0.713. The number of carbonyl (C=O) groups excluding carboxylic acids is 1. The minimum atomic E-state index is -0.713. The topological polar surface area (TPSA) is 74.2 Å². The van der Waals surface area contributed by atoms with Gasteiger partial charge in [-0.2, -0.15) is 0 Å². The van der Waals surface area contributed by atoms with Crippen LogP contribution >= 0.6 is 0 Å². The minimum absolute atomic E-state index is 0.0931. The van der Waals surface area contributed by atoms with E-state index in [0.29, 0.717) is 23.6 Å².